The molecule has 0 aliphatic rings. The molecule has 0 amide bonds. The monoisotopic (exact) mass is 526 g/mol. The zero-order chi connectivity index (χ0) is 28.4. The molecule has 0 unspecified atom stereocenters. The Kier molecular flexibility index (Phi) is 6.43. The molecule has 0 aromatic heterocycles. The van der Waals surface area contributed by atoms with Gasteiger partial charge in [0.05, 0.1) is 21.7 Å². The van der Waals surface area contributed by atoms with E-state index in [1.54, 1.807) is 6.29 Å². The van der Waals surface area contributed by atoms with Gasteiger partial charge in [0.2, 0.25) is 23.6 Å². The minimum atomic E-state index is -5.37. The van der Waals surface area contributed by atoms with Crippen LogP contribution >= 0.6 is 11.6 Å². The molecule has 13 heteroatoms. The fraction of sp³-hybridized carbons (Fsp3) is 0.136. The van der Waals surface area contributed by atoms with Crippen LogP contribution in [0.25, 0.3) is 0 Å². The zero-order valence-corrected chi connectivity index (χ0v) is 17.4. The van der Waals surface area contributed by atoms with Crippen molar-refractivity contribution in [3.8, 4) is 34.5 Å². The summed E-state index contributed by atoms with van der Waals surface area (Å²) >= 11 is 5.75. The summed E-state index contributed by atoms with van der Waals surface area (Å²) in [4.78, 5) is 10.7. The molecule has 0 aliphatic heterocycles. The highest BCUT2D eigenvalue weighted by atomic mass is 35.5. The van der Waals surface area contributed by atoms with E-state index in [-0.39, 0.29) is 11.3 Å². The highest BCUT2D eigenvalue weighted by Gasteiger charge is 2.34. The molecule has 0 heterocycles. The maximum atomic E-state index is 15.1. The summed E-state index contributed by atoms with van der Waals surface area (Å²) in [6.07, 6.45) is -7.27. The third-order valence-electron chi connectivity index (χ3n) is 4.16. The zero-order valence-electron chi connectivity index (χ0n) is 19.7. The second-order valence-electron chi connectivity index (χ2n) is 6.40. The first-order valence-corrected chi connectivity index (χ1v) is 9.38. The first-order chi connectivity index (χ1) is 17.6. The molecule has 0 atom stereocenters. The van der Waals surface area contributed by atoms with E-state index in [2.05, 4.69) is 9.47 Å². The lowest BCUT2D eigenvalue weighted by molar-refractivity contribution is -0.275. The van der Waals surface area contributed by atoms with Crippen molar-refractivity contribution >= 4 is 17.9 Å². The summed E-state index contributed by atoms with van der Waals surface area (Å²) in [5.74, 6) is -9.65. The van der Waals surface area contributed by atoms with Gasteiger partial charge < -0.3 is 18.9 Å². The number of ether oxygens (including phenoxy) is 4. The minimum Gasteiger partial charge on any atom is -0.490 e. The van der Waals surface area contributed by atoms with Crippen molar-refractivity contribution in [1.82, 2.24) is 0 Å². The average Bonchev–Trinajstić information content (AvgIpc) is 2.79. The van der Waals surface area contributed by atoms with Gasteiger partial charge in [-0.2, -0.15) is 4.39 Å². The fourth-order valence-corrected chi connectivity index (χ4v) is 2.96. The largest absolute Gasteiger partial charge is 0.573 e. The topological polar surface area (TPSA) is 54.0 Å². The summed E-state index contributed by atoms with van der Waals surface area (Å²) in [5, 5.41) is -0.887. The fourth-order valence-electron chi connectivity index (χ4n) is 2.69. The Hall–Kier alpha value is -3.67. The molecule has 0 fully saturated rings. The second kappa shape index (κ2) is 10.3. The van der Waals surface area contributed by atoms with Gasteiger partial charge >= 0.3 is 6.36 Å². The molecule has 3 aromatic rings. The van der Waals surface area contributed by atoms with Crippen LogP contribution in [0.5, 0.6) is 34.5 Å². The van der Waals surface area contributed by atoms with Gasteiger partial charge in [0.1, 0.15) is 5.75 Å². The predicted octanol–water partition coefficient (Wildman–Crippen LogP) is 7.51. The van der Waals surface area contributed by atoms with E-state index in [4.69, 9.17) is 25.2 Å². The number of rotatable bonds is 8. The van der Waals surface area contributed by atoms with Crippen LogP contribution in [0.2, 0.25) is 5.02 Å². The molecule has 0 N–H and O–H groups in total. The maximum Gasteiger partial charge on any atom is 0.573 e. The van der Waals surface area contributed by atoms with Crippen molar-refractivity contribution in [2.75, 3.05) is 7.04 Å². The van der Waals surface area contributed by atoms with Crippen LogP contribution in [0.15, 0.2) is 42.5 Å². The Morgan fingerprint density at radius 3 is 2.17 bits per heavy atom. The molecule has 3 aromatic carbocycles. The van der Waals surface area contributed by atoms with Crippen molar-refractivity contribution < 1.29 is 58.6 Å². The standard InChI is InChI=1S/C22H11ClF7O5/c1-32-19-14(7-6-13(17(19)24)35-22(28,29)30)34-15-8-12(23)16(21(26)27)18(25)20(15)33-11-4-2-10(9-31)3-5-11/h2-8,21H,1H3/i1D3. The Bertz CT molecular complexity index is 1330. The van der Waals surface area contributed by atoms with Crippen LogP contribution in [0, 0.1) is 11.6 Å². The summed E-state index contributed by atoms with van der Waals surface area (Å²) < 4.78 is 135. The molecule has 185 valence electrons. The SMILES string of the molecule is [2H]C([2H])([2H])Oc1c(Oc2cc(Cl)c(C(F)F)c(F)c2Oc2ccc([C]=O)cc2)ccc(OC(F)(F)F)c1F. The van der Waals surface area contributed by atoms with Crippen LogP contribution in [-0.4, -0.2) is 19.7 Å². The molecule has 0 saturated carbocycles. The molecule has 3 rings (SSSR count). The molecule has 0 aliphatic carbocycles. The summed E-state index contributed by atoms with van der Waals surface area (Å²) in [6.45, 7) is 0. The molecule has 1 radical (unpaired) electrons. The number of alkyl halides is 5. The van der Waals surface area contributed by atoms with Gasteiger partial charge in [-0.1, -0.05) is 11.6 Å². The third kappa shape index (κ3) is 5.88. The lowest BCUT2D eigenvalue weighted by atomic mass is 10.1. The van der Waals surface area contributed by atoms with Crippen LogP contribution < -0.4 is 18.9 Å². The predicted molar refractivity (Wildman–Crippen MR) is 107 cm³/mol. The van der Waals surface area contributed by atoms with E-state index in [0.29, 0.717) is 18.2 Å². The van der Waals surface area contributed by atoms with Crippen molar-refractivity contribution in [1.29, 1.82) is 0 Å². The van der Waals surface area contributed by atoms with Gasteiger partial charge in [0.25, 0.3) is 6.43 Å². The van der Waals surface area contributed by atoms with Gasteiger partial charge in [-0.05, 0) is 36.4 Å². The number of benzene rings is 3. The van der Waals surface area contributed by atoms with Gasteiger partial charge in [-0.15, -0.1) is 13.2 Å². The van der Waals surface area contributed by atoms with Crippen molar-refractivity contribution in [2.24, 2.45) is 0 Å². The van der Waals surface area contributed by atoms with Crippen LogP contribution in [0.4, 0.5) is 30.7 Å². The Morgan fingerprint density at radius 2 is 1.60 bits per heavy atom. The summed E-state index contributed by atoms with van der Waals surface area (Å²) in [7, 11) is -3.42. The van der Waals surface area contributed by atoms with Crippen molar-refractivity contribution in [3.05, 3.63) is 70.2 Å². The van der Waals surface area contributed by atoms with E-state index in [0.717, 1.165) is 12.1 Å². The molecule has 0 spiro atoms. The van der Waals surface area contributed by atoms with E-state index >= 15 is 4.39 Å². The lowest BCUT2D eigenvalue weighted by Gasteiger charge is -2.18. The molecule has 0 saturated heterocycles. The van der Waals surface area contributed by atoms with Crippen LogP contribution in [-0.2, 0) is 4.79 Å². The van der Waals surface area contributed by atoms with Gasteiger partial charge in [-0.3, -0.25) is 4.79 Å². The van der Waals surface area contributed by atoms with E-state index in [1.165, 1.54) is 12.1 Å². The van der Waals surface area contributed by atoms with Crippen LogP contribution in [0.3, 0.4) is 0 Å². The molecule has 5 nitrogen and oxygen atoms in total. The summed E-state index contributed by atoms with van der Waals surface area (Å²) in [6, 6.07) is 6.22. The average molecular weight is 527 g/mol. The van der Waals surface area contributed by atoms with Crippen LogP contribution in [0.1, 0.15) is 21.7 Å². The molecular formula is C22H11ClF7O5. The van der Waals surface area contributed by atoms with Gasteiger partial charge in [0, 0.05) is 11.6 Å². The third-order valence-corrected chi connectivity index (χ3v) is 4.47. The Balaban J connectivity index is 2.16. The Labute approximate surface area is 201 Å². The maximum absolute atomic E-state index is 15.1. The molecular weight excluding hydrogens is 513 g/mol. The molecule has 0 bridgehead atoms. The van der Waals surface area contributed by atoms with Gasteiger partial charge in [-0.25, -0.2) is 13.2 Å². The highest BCUT2D eigenvalue weighted by Crippen LogP contribution is 2.47. The first-order valence-electron chi connectivity index (χ1n) is 10.5. The quantitative estimate of drug-likeness (QED) is 0.284. The van der Waals surface area contributed by atoms with E-state index in [9.17, 15) is 31.1 Å². The van der Waals surface area contributed by atoms with Crippen molar-refractivity contribution in [3.63, 3.8) is 0 Å². The molecule has 35 heavy (non-hydrogen) atoms. The normalized spacial score (nSPS) is 13.0. The number of hydrogen-bond acceptors (Lipinski definition) is 5. The first kappa shape index (κ1) is 21.8. The van der Waals surface area contributed by atoms with Gasteiger partial charge in [0.15, 0.2) is 23.1 Å². The number of carbonyl (C=O) groups excluding carboxylic acids is 1. The van der Waals surface area contributed by atoms with E-state index < -0.39 is 70.8 Å². The highest BCUT2D eigenvalue weighted by molar-refractivity contribution is 6.31. The minimum absolute atomic E-state index is 0.0572. The summed E-state index contributed by atoms with van der Waals surface area (Å²) in [5.41, 5.74) is -1.26. The van der Waals surface area contributed by atoms with E-state index in [1.807, 2.05) is 0 Å². The Morgan fingerprint density at radius 1 is 0.943 bits per heavy atom. The van der Waals surface area contributed by atoms with Crippen molar-refractivity contribution in [2.45, 2.75) is 12.8 Å². The number of hydrogen-bond donors (Lipinski definition) is 0. The lowest BCUT2D eigenvalue weighted by Crippen LogP contribution is -2.18. The second-order valence-corrected chi connectivity index (χ2v) is 6.81. The number of halogens is 8. The number of methoxy groups -OCH3 is 1. The smallest absolute Gasteiger partial charge is 0.490 e.